The van der Waals surface area contributed by atoms with Crippen LogP contribution in [-0.2, 0) is 4.79 Å². The van der Waals surface area contributed by atoms with Crippen molar-refractivity contribution in [2.45, 2.75) is 0 Å². The summed E-state index contributed by atoms with van der Waals surface area (Å²) in [5.41, 5.74) is 0. The molecule has 9 heavy (non-hydrogen) atoms. The molecule has 0 bridgehead atoms. The van der Waals surface area contributed by atoms with Gasteiger partial charge in [-0.15, -0.1) is 6.42 Å². The molecule has 0 atom stereocenters. The third-order valence-electron chi connectivity index (χ3n) is 1.06. The molecule has 0 aliphatic heterocycles. The summed E-state index contributed by atoms with van der Waals surface area (Å²) >= 11 is 0. The van der Waals surface area contributed by atoms with Gasteiger partial charge in [0.15, 0.2) is 0 Å². The van der Waals surface area contributed by atoms with E-state index in [9.17, 15) is 4.79 Å². The third kappa shape index (κ3) is 1.32. The Morgan fingerprint density at radius 3 is 2.44 bits per heavy atom. The summed E-state index contributed by atoms with van der Waals surface area (Å²) in [5.74, 6) is 2.37. The number of rotatable bonds is 1. The first-order chi connectivity index (χ1) is 4.34. The lowest BCUT2D eigenvalue weighted by Gasteiger charge is -1.96. The van der Waals surface area contributed by atoms with Crippen molar-refractivity contribution in [3.05, 3.63) is 31.6 Å². The second-order valence-electron chi connectivity index (χ2n) is 1.65. The highest BCUT2D eigenvalue weighted by Gasteiger charge is 2.22. The van der Waals surface area contributed by atoms with Gasteiger partial charge in [0.1, 0.15) is 0 Å². The van der Waals surface area contributed by atoms with Crippen molar-refractivity contribution in [3.8, 4) is 12.3 Å². The van der Waals surface area contributed by atoms with Gasteiger partial charge in [0.05, 0.1) is 5.92 Å². The summed E-state index contributed by atoms with van der Waals surface area (Å²) in [6, 6.07) is 0. The minimum absolute atomic E-state index is 0.250. The summed E-state index contributed by atoms with van der Waals surface area (Å²) in [4.78, 5) is 10.6. The minimum atomic E-state index is -0.250. The Labute approximate surface area is 55.4 Å². The third-order valence-corrected chi connectivity index (χ3v) is 1.06. The molecule has 1 fully saturated rings. The highest BCUT2D eigenvalue weighted by Crippen LogP contribution is 2.22. The Morgan fingerprint density at radius 1 is 1.44 bits per heavy atom. The van der Waals surface area contributed by atoms with Crippen LogP contribution in [0.15, 0.2) is 0 Å². The lowest BCUT2D eigenvalue weighted by molar-refractivity contribution is -0.111. The summed E-state index contributed by atoms with van der Waals surface area (Å²) in [5, 5.41) is 0. The van der Waals surface area contributed by atoms with Crippen LogP contribution < -0.4 is 0 Å². The zero-order valence-electron chi connectivity index (χ0n) is 4.79. The molecular formula is C8H5O. The van der Waals surface area contributed by atoms with E-state index in [1.54, 1.807) is 25.7 Å². The summed E-state index contributed by atoms with van der Waals surface area (Å²) < 4.78 is 0. The van der Waals surface area contributed by atoms with Crippen LogP contribution in [0.4, 0.5) is 0 Å². The molecular weight excluding hydrogens is 112 g/mol. The van der Waals surface area contributed by atoms with E-state index in [-0.39, 0.29) is 5.78 Å². The van der Waals surface area contributed by atoms with Gasteiger partial charge in [-0.2, -0.15) is 0 Å². The van der Waals surface area contributed by atoms with Gasteiger partial charge in [0, 0.05) is 0 Å². The molecule has 1 aliphatic carbocycles. The average molecular weight is 117 g/mol. The fourth-order valence-corrected chi connectivity index (χ4v) is 0.609. The predicted molar refractivity (Wildman–Crippen MR) is 34.3 cm³/mol. The Hall–Kier alpha value is -0.770. The van der Waals surface area contributed by atoms with Crippen LogP contribution >= 0.6 is 0 Å². The number of Topliss-reactive ketones (excluding diaryl/α,β-unsaturated/α-hetero) is 1. The maximum Gasteiger partial charge on any atom is 0.213 e. The van der Waals surface area contributed by atoms with E-state index in [1.807, 2.05) is 5.92 Å². The lowest BCUT2D eigenvalue weighted by Crippen LogP contribution is -2.05. The van der Waals surface area contributed by atoms with Crippen molar-refractivity contribution in [1.29, 1.82) is 0 Å². The Balaban J connectivity index is 2.44. The van der Waals surface area contributed by atoms with E-state index >= 15 is 0 Å². The van der Waals surface area contributed by atoms with Crippen LogP contribution in [0.25, 0.3) is 0 Å². The average Bonchev–Trinajstić information content (AvgIpc) is 2.37. The highest BCUT2D eigenvalue weighted by molar-refractivity contribution is 6.09. The summed E-state index contributed by atoms with van der Waals surface area (Å²) in [7, 11) is 0. The molecule has 0 aromatic carbocycles. The maximum atomic E-state index is 10.6. The smallest absolute Gasteiger partial charge is 0.213 e. The highest BCUT2D eigenvalue weighted by atomic mass is 16.1. The van der Waals surface area contributed by atoms with Crippen molar-refractivity contribution in [1.82, 2.24) is 0 Å². The van der Waals surface area contributed by atoms with E-state index in [0.29, 0.717) is 5.92 Å². The zero-order valence-corrected chi connectivity index (χ0v) is 4.79. The molecule has 43 valence electrons. The molecule has 0 saturated heterocycles. The molecule has 1 saturated carbocycles. The molecule has 1 nitrogen and oxygen atoms in total. The molecule has 0 N–H and O–H groups in total. The first-order valence-electron chi connectivity index (χ1n) is 2.57. The zero-order chi connectivity index (χ0) is 6.69. The van der Waals surface area contributed by atoms with Crippen LogP contribution in [0, 0.1) is 43.9 Å². The summed E-state index contributed by atoms with van der Waals surface area (Å²) in [6.07, 6.45) is 11.8. The number of hydrogen-bond acceptors (Lipinski definition) is 1. The van der Waals surface area contributed by atoms with Gasteiger partial charge in [-0.3, -0.25) is 4.79 Å². The minimum Gasteiger partial charge on any atom is -0.284 e. The molecule has 0 heterocycles. The fraction of sp³-hybridized carbons (Fsp3) is 0. The molecule has 1 rings (SSSR count). The molecule has 0 aromatic heterocycles. The van der Waals surface area contributed by atoms with Crippen LogP contribution in [0.3, 0.4) is 0 Å². The second kappa shape index (κ2) is 2.68. The SMILES string of the molecule is C#CC(=O)[C]1[CH][CH][CH][CH]1. The van der Waals surface area contributed by atoms with Crippen molar-refractivity contribution in [3.63, 3.8) is 0 Å². The Kier molecular flexibility index (Phi) is 1.89. The molecule has 0 unspecified atom stereocenters. The largest absolute Gasteiger partial charge is 0.284 e. The van der Waals surface area contributed by atoms with Crippen molar-refractivity contribution >= 4 is 5.78 Å². The van der Waals surface area contributed by atoms with Gasteiger partial charge in [-0.1, -0.05) is 0 Å². The second-order valence-corrected chi connectivity index (χ2v) is 1.65. The first kappa shape index (κ1) is 6.35. The molecule has 1 heteroatoms. The number of hydrogen-bond donors (Lipinski definition) is 0. The van der Waals surface area contributed by atoms with Crippen LogP contribution in [0.1, 0.15) is 0 Å². The van der Waals surface area contributed by atoms with Gasteiger partial charge in [-0.05, 0) is 31.6 Å². The monoisotopic (exact) mass is 117 g/mol. The molecule has 5 radical (unpaired) electrons. The van der Waals surface area contributed by atoms with Crippen LogP contribution in [0.2, 0.25) is 0 Å². The number of terminal acetylenes is 1. The number of ketones is 1. The topological polar surface area (TPSA) is 17.1 Å². The van der Waals surface area contributed by atoms with Gasteiger partial charge in [0.2, 0.25) is 5.78 Å². The first-order valence-corrected chi connectivity index (χ1v) is 2.57. The fourth-order valence-electron chi connectivity index (χ4n) is 0.609. The maximum absolute atomic E-state index is 10.6. The molecule has 0 spiro atoms. The predicted octanol–water partition coefficient (Wildman–Crippen LogP) is 0.594. The quantitative estimate of drug-likeness (QED) is 0.363. The van der Waals surface area contributed by atoms with Crippen LogP contribution in [0.5, 0.6) is 0 Å². The van der Waals surface area contributed by atoms with Crippen molar-refractivity contribution < 1.29 is 4.79 Å². The van der Waals surface area contributed by atoms with Gasteiger partial charge in [0.25, 0.3) is 0 Å². The number of carbonyl (C=O) groups excluding carboxylic acids is 1. The van der Waals surface area contributed by atoms with Crippen molar-refractivity contribution in [2.75, 3.05) is 0 Å². The standard InChI is InChI=1S/C8H5O/c1-2-8(9)7-5-3-4-6-7/h1,3-6H. The number of carbonyl (C=O) groups is 1. The van der Waals surface area contributed by atoms with Crippen molar-refractivity contribution in [2.24, 2.45) is 0 Å². The van der Waals surface area contributed by atoms with E-state index in [4.69, 9.17) is 6.42 Å². The molecule has 0 aromatic rings. The van der Waals surface area contributed by atoms with E-state index < -0.39 is 0 Å². The van der Waals surface area contributed by atoms with E-state index in [0.717, 1.165) is 0 Å². The molecule has 0 amide bonds. The van der Waals surface area contributed by atoms with Crippen LogP contribution in [-0.4, -0.2) is 5.78 Å². The normalized spacial score (nSPS) is 19.4. The summed E-state index contributed by atoms with van der Waals surface area (Å²) in [6.45, 7) is 0. The van der Waals surface area contributed by atoms with Gasteiger partial charge < -0.3 is 0 Å². The Morgan fingerprint density at radius 2 is 2.00 bits per heavy atom. The van der Waals surface area contributed by atoms with E-state index in [1.165, 1.54) is 0 Å². The van der Waals surface area contributed by atoms with Gasteiger partial charge >= 0.3 is 0 Å². The van der Waals surface area contributed by atoms with Gasteiger partial charge in [-0.25, -0.2) is 0 Å². The lowest BCUT2D eigenvalue weighted by atomic mass is 10.0. The Bertz CT molecular complexity index is 146. The van der Waals surface area contributed by atoms with E-state index in [2.05, 4.69) is 0 Å². The molecule has 1 aliphatic rings.